The van der Waals surface area contributed by atoms with Gasteiger partial charge in [-0.05, 0) is 30.7 Å². The number of carbonyl (C=O) groups is 2. The molecule has 25 heavy (non-hydrogen) atoms. The first-order valence-corrected chi connectivity index (χ1v) is 8.25. The molecule has 3 rings (SSSR count). The van der Waals surface area contributed by atoms with Crippen LogP contribution in [0.25, 0.3) is 0 Å². The van der Waals surface area contributed by atoms with Crippen molar-refractivity contribution in [3.8, 4) is 11.5 Å². The lowest BCUT2D eigenvalue weighted by Crippen LogP contribution is -2.40. The van der Waals surface area contributed by atoms with Crippen LogP contribution < -0.4 is 20.1 Å². The van der Waals surface area contributed by atoms with Gasteiger partial charge in [0.15, 0.2) is 11.5 Å². The number of benzene rings is 2. The molecule has 1 aliphatic heterocycles. The van der Waals surface area contributed by atoms with Crippen LogP contribution in [0.5, 0.6) is 11.5 Å². The summed E-state index contributed by atoms with van der Waals surface area (Å²) in [5.41, 5.74) is 0.866. The summed E-state index contributed by atoms with van der Waals surface area (Å²) in [5.74, 6) is 0.572. The largest absolute Gasteiger partial charge is 0.485 e. The van der Waals surface area contributed by atoms with Crippen molar-refractivity contribution >= 4 is 17.5 Å². The normalized spacial score (nSPS) is 15.3. The minimum absolute atomic E-state index is 0.118. The van der Waals surface area contributed by atoms with Crippen LogP contribution in [0.15, 0.2) is 48.5 Å². The molecule has 0 saturated heterocycles. The Balaban J connectivity index is 1.71. The number of amides is 2. The van der Waals surface area contributed by atoms with Crippen LogP contribution in [0.3, 0.4) is 0 Å². The van der Waals surface area contributed by atoms with E-state index in [4.69, 9.17) is 9.47 Å². The Labute approximate surface area is 146 Å². The molecule has 0 bridgehead atoms. The summed E-state index contributed by atoms with van der Waals surface area (Å²) in [4.78, 5) is 24.7. The second-order valence-corrected chi connectivity index (χ2v) is 5.65. The van der Waals surface area contributed by atoms with Crippen molar-refractivity contribution in [3.63, 3.8) is 0 Å². The zero-order valence-corrected chi connectivity index (χ0v) is 14.0. The summed E-state index contributed by atoms with van der Waals surface area (Å²) < 4.78 is 11.3. The third kappa shape index (κ3) is 3.91. The summed E-state index contributed by atoms with van der Waals surface area (Å²) in [6, 6.07) is 14.1. The van der Waals surface area contributed by atoms with Crippen molar-refractivity contribution in [2.24, 2.45) is 0 Å². The van der Waals surface area contributed by atoms with Crippen molar-refractivity contribution in [2.75, 3.05) is 18.5 Å². The SMILES string of the molecule is CCCNC(=O)c1ccccc1NC(=O)[C@@H]1COc2ccccc2O1. The second-order valence-electron chi connectivity index (χ2n) is 5.65. The monoisotopic (exact) mass is 340 g/mol. The summed E-state index contributed by atoms with van der Waals surface area (Å²) in [6.07, 6.45) is 0.0640. The molecular weight excluding hydrogens is 320 g/mol. The smallest absolute Gasteiger partial charge is 0.269 e. The topological polar surface area (TPSA) is 76.7 Å². The van der Waals surface area contributed by atoms with E-state index in [1.807, 2.05) is 19.1 Å². The van der Waals surface area contributed by atoms with E-state index < -0.39 is 6.10 Å². The minimum Gasteiger partial charge on any atom is -0.485 e. The first-order chi connectivity index (χ1) is 12.2. The number of hydrogen-bond acceptors (Lipinski definition) is 4. The molecule has 2 N–H and O–H groups in total. The molecule has 0 radical (unpaired) electrons. The molecule has 0 unspecified atom stereocenters. The highest BCUT2D eigenvalue weighted by Gasteiger charge is 2.28. The Morgan fingerprint density at radius 3 is 2.60 bits per heavy atom. The van der Waals surface area contributed by atoms with Crippen molar-refractivity contribution < 1.29 is 19.1 Å². The second kappa shape index (κ2) is 7.70. The summed E-state index contributed by atoms with van der Waals surface area (Å²) in [7, 11) is 0. The Bertz CT molecular complexity index is 776. The number of para-hydroxylation sites is 3. The molecule has 130 valence electrons. The fourth-order valence-corrected chi connectivity index (χ4v) is 2.49. The molecule has 6 nitrogen and oxygen atoms in total. The molecule has 2 amide bonds. The highest BCUT2D eigenvalue weighted by Crippen LogP contribution is 2.31. The number of anilines is 1. The number of nitrogens with one attached hydrogen (secondary N) is 2. The maximum atomic E-state index is 12.5. The van der Waals surface area contributed by atoms with Gasteiger partial charge in [0.1, 0.15) is 6.61 Å². The molecule has 6 heteroatoms. The predicted octanol–water partition coefficient (Wildman–Crippen LogP) is 2.60. The molecule has 2 aromatic rings. The molecule has 0 saturated carbocycles. The van der Waals surface area contributed by atoms with Crippen molar-refractivity contribution in [3.05, 3.63) is 54.1 Å². The third-order valence-corrected chi connectivity index (χ3v) is 3.77. The van der Waals surface area contributed by atoms with E-state index in [-0.39, 0.29) is 18.4 Å². The van der Waals surface area contributed by atoms with Gasteiger partial charge in [-0.3, -0.25) is 9.59 Å². The van der Waals surface area contributed by atoms with E-state index in [9.17, 15) is 9.59 Å². The van der Waals surface area contributed by atoms with Gasteiger partial charge >= 0.3 is 0 Å². The minimum atomic E-state index is -0.776. The fraction of sp³-hybridized carbons (Fsp3) is 0.263. The van der Waals surface area contributed by atoms with Gasteiger partial charge in [0.05, 0.1) is 11.3 Å². The van der Waals surface area contributed by atoms with E-state index in [0.717, 1.165) is 6.42 Å². The van der Waals surface area contributed by atoms with Crippen molar-refractivity contribution in [1.29, 1.82) is 0 Å². The average Bonchev–Trinajstić information content (AvgIpc) is 2.66. The van der Waals surface area contributed by atoms with E-state index in [2.05, 4.69) is 10.6 Å². The zero-order chi connectivity index (χ0) is 17.6. The van der Waals surface area contributed by atoms with Crippen LogP contribution in [0.1, 0.15) is 23.7 Å². The maximum Gasteiger partial charge on any atom is 0.269 e. The Morgan fingerprint density at radius 2 is 1.80 bits per heavy atom. The van der Waals surface area contributed by atoms with Crippen molar-refractivity contribution in [2.45, 2.75) is 19.4 Å². The van der Waals surface area contributed by atoms with Crippen molar-refractivity contribution in [1.82, 2.24) is 5.32 Å². The first kappa shape index (κ1) is 16.8. The fourth-order valence-electron chi connectivity index (χ4n) is 2.49. The zero-order valence-electron chi connectivity index (χ0n) is 14.0. The highest BCUT2D eigenvalue weighted by molar-refractivity contribution is 6.04. The molecule has 0 aliphatic carbocycles. The third-order valence-electron chi connectivity index (χ3n) is 3.77. The Kier molecular flexibility index (Phi) is 5.18. The molecule has 0 aromatic heterocycles. The van der Waals surface area contributed by atoms with E-state index in [0.29, 0.717) is 29.3 Å². The van der Waals surface area contributed by atoms with Gasteiger partial charge in [-0.2, -0.15) is 0 Å². The van der Waals surface area contributed by atoms with Gasteiger partial charge in [0, 0.05) is 6.54 Å². The number of ether oxygens (including phenoxy) is 2. The van der Waals surface area contributed by atoms with Crippen LogP contribution in [0.4, 0.5) is 5.69 Å². The van der Waals surface area contributed by atoms with Gasteiger partial charge in [-0.1, -0.05) is 31.2 Å². The summed E-state index contributed by atoms with van der Waals surface area (Å²) in [5, 5.41) is 5.57. The molecule has 2 aromatic carbocycles. The number of carbonyl (C=O) groups excluding carboxylic acids is 2. The molecule has 1 atom stereocenters. The molecule has 0 fully saturated rings. The average molecular weight is 340 g/mol. The van der Waals surface area contributed by atoms with Crippen LogP contribution in [0.2, 0.25) is 0 Å². The van der Waals surface area contributed by atoms with Gasteiger partial charge in [0.2, 0.25) is 6.10 Å². The molecule has 1 heterocycles. The lowest BCUT2D eigenvalue weighted by Gasteiger charge is -2.25. The van der Waals surface area contributed by atoms with Crippen LogP contribution >= 0.6 is 0 Å². The molecule has 0 spiro atoms. The first-order valence-electron chi connectivity index (χ1n) is 8.25. The lowest BCUT2D eigenvalue weighted by molar-refractivity contribution is -0.125. The van der Waals surface area contributed by atoms with Gasteiger partial charge in [-0.25, -0.2) is 0 Å². The molecule has 1 aliphatic rings. The van der Waals surface area contributed by atoms with E-state index in [1.165, 1.54) is 0 Å². The summed E-state index contributed by atoms with van der Waals surface area (Å²) >= 11 is 0. The van der Waals surface area contributed by atoms with Gasteiger partial charge in [-0.15, -0.1) is 0 Å². The van der Waals surface area contributed by atoms with Gasteiger partial charge in [0.25, 0.3) is 11.8 Å². The maximum absolute atomic E-state index is 12.5. The lowest BCUT2D eigenvalue weighted by atomic mass is 10.1. The van der Waals surface area contributed by atoms with Gasteiger partial charge < -0.3 is 20.1 Å². The Morgan fingerprint density at radius 1 is 1.08 bits per heavy atom. The van der Waals surface area contributed by atoms with Crippen LogP contribution in [-0.2, 0) is 4.79 Å². The molecular formula is C19H20N2O4. The summed E-state index contributed by atoms with van der Waals surface area (Å²) in [6.45, 7) is 2.68. The van der Waals surface area contributed by atoms with E-state index in [1.54, 1.807) is 36.4 Å². The number of fused-ring (bicyclic) bond motifs is 1. The van der Waals surface area contributed by atoms with Crippen LogP contribution in [0, 0.1) is 0 Å². The number of rotatable bonds is 5. The van der Waals surface area contributed by atoms with Crippen LogP contribution in [-0.4, -0.2) is 31.1 Å². The van der Waals surface area contributed by atoms with E-state index >= 15 is 0 Å². The number of hydrogen-bond donors (Lipinski definition) is 2. The Hall–Kier alpha value is -3.02. The quantitative estimate of drug-likeness (QED) is 0.877. The standard InChI is InChI=1S/C19H20N2O4/c1-2-11-20-18(22)13-7-3-4-8-14(13)21-19(23)17-12-24-15-9-5-6-10-16(15)25-17/h3-10,17H,2,11-12H2,1H3,(H,20,22)(H,21,23)/t17-/m0/s1. The highest BCUT2D eigenvalue weighted by atomic mass is 16.6. The predicted molar refractivity (Wildman–Crippen MR) is 94.0 cm³/mol.